The maximum absolute atomic E-state index is 14.3. The molecule has 2 aromatic rings. The van der Waals surface area contributed by atoms with Gasteiger partial charge >= 0.3 is 0 Å². The molecular weight excluding hydrogens is 350 g/mol. The van der Waals surface area contributed by atoms with Crippen LogP contribution >= 0.6 is 0 Å². The van der Waals surface area contributed by atoms with Crippen molar-refractivity contribution in [3.05, 3.63) is 53.1 Å². The Morgan fingerprint density at radius 2 is 1.70 bits per heavy atom. The monoisotopic (exact) mass is 372 g/mol. The highest BCUT2D eigenvalue weighted by atomic mass is 19.1. The number of nitrogens with zero attached hydrogens (tertiary/aromatic N) is 1. The molecule has 0 atom stereocenters. The smallest absolute Gasteiger partial charge is 0.262 e. The van der Waals surface area contributed by atoms with E-state index in [2.05, 4.69) is 5.32 Å². The number of anilines is 2. The number of carbonyl (C=O) groups is 1. The van der Waals surface area contributed by atoms with E-state index in [9.17, 15) is 13.6 Å². The lowest BCUT2D eigenvalue weighted by Gasteiger charge is -2.19. The van der Waals surface area contributed by atoms with Gasteiger partial charge in [-0.05, 0) is 67.5 Å². The van der Waals surface area contributed by atoms with Crippen LogP contribution in [0.1, 0.15) is 30.4 Å². The Hall–Kier alpha value is -2.63. The molecule has 2 aliphatic rings. The summed E-state index contributed by atoms with van der Waals surface area (Å²) >= 11 is 0. The first-order valence-electron chi connectivity index (χ1n) is 9.38. The van der Waals surface area contributed by atoms with Crippen LogP contribution in [0.2, 0.25) is 0 Å². The third-order valence-electron chi connectivity index (χ3n) is 5.16. The van der Waals surface area contributed by atoms with Crippen molar-refractivity contribution in [3.8, 4) is 5.75 Å². The number of ether oxygens (including phenoxy) is 1. The fourth-order valence-electron chi connectivity index (χ4n) is 3.86. The van der Waals surface area contributed by atoms with Crippen LogP contribution in [0.15, 0.2) is 30.3 Å². The van der Waals surface area contributed by atoms with Gasteiger partial charge in [-0.3, -0.25) is 4.79 Å². The zero-order valence-electron chi connectivity index (χ0n) is 15.1. The van der Waals surface area contributed by atoms with Crippen molar-refractivity contribution in [2.75, 3.05) is 29.9 Å². The molecule has 0 unspecified atom stereocenters. The molecule has 142 valence electrons. The topological polar surface area (TPSA) is 41.6 Å². The van der Waals surface area contributed by atoms with Gasteiger partial charge in [0.05, 0.1) is 0 Å². The van der Waals surface area contributed by atoms with Crippen LogP contribution in [-0.2, 0) is 17.6 Å². The molecule has 0 bridgehead atoms. The summed E-state index contributed by atoms with van der Waals surface area (Å²) in [6.45, 7) is 1.08. The van der Waals surface area contributed by atoms with Gasteiger partial charge in [-0.2, -0.15) is 0 Å². The van der Waals surface area contributed by atoms with Gasteiger partial charge in [0.15, 0.2) is 18.2 Å². The van der Waals surface area contributed by atoms with E-state index in [1.807, 2.05) is 18.2 Å². The van der Waals surface area contributed by atoms with Crippen LogP contribution in [0.3, 0.4) is 0 Å². The SMILES string of the molecule is O=C(COc1ccc2c(c1)CCC2)Nc1cc(F)c(N2CCCC2)c(F)c1. The van der Waals surface area contributed by atoms with E-state index in [4.69, 9.17) is 4.74 Å². The Morgan fingerprint density at radius 3 is 2.44 bits per heavy atom. The predicted octanol–water partition coefficient (Wildman–Crippen LogP) is 4.07. The molecule has 1 fully saturated rings. The summed E-state index contributed by atoms with van der Waals surface area (Å²) < 4.78 is 34.2. The zero-order valence-corrected chi connectivity index (χ0v) is 15.1. The van der Waals surface area contributed by atoms with Crippen molar-refractivity contribution in [2.45, 2.75) is 32.1 Å². The van der Waals surface area contributed by atoms with Crippen molar-refractivity contribution in [2.24, 2.45) is 0 Å². The molecule has 1 N–H and O–H groups in total. The molecule has 2 aromatic carbocycles. The Labute approximate surface area is 157 Å². The van der Waals surface area contributed by atoms with E-state index < -0.39 is 17.5 Å². The maximum atomic E-state index is 14.3. The third-order valence-corrected chi connectivity index (χ3v) is 5.16. The molecule has 1 saturated heterocycles. The molecule has 0 aromatic heterocycles. The van der Waals surface area contributed by atoms with Gasteiger partial charge in [0.1, 0.15) is 11.4 Å². The third kappa shape index (κ3) is 3.89. The second kappa shape index (κ2) is 7.55. The lowest BCUT2D eigenvalue weighted by Crippen LogP contribution is -2.22. The largest absolute Gasteiger partial charge is 0.484 e. The Morgan fingerprint density at radius 1 is 1.00 bits per heavy atom. The minimum atomic E-state index is -0.660. The van der Waals surface area contributed by atoms with Crippen molar-refractivity contribution < 1.29 is 18.3 Å². The van der Waals surface area contributed by atoms with Gasteiger partial charge < -0.3 is 15.0 Å². The number of rotatable bonds is 5. The number of hydrogen-bond acceptors (Lipinski definition) is 3. The normalized spacial score (nSPS) is 15.7. The van der Waals surface area contributed by atoms with Crippen LogP contribution in [0.5, 0.6) is 5.75 Å². The summed E-state index contributed by atoms with van der Waals surface area (Å²) in [5.74, 6) is -1.14. The van der Waals surface area contributed by atoms with E-state index in [1.165, 1.54) is 11.1 Å². The second-order valence-electron chi connectivity index (χ2n) is 7.10. The first kappa shape index (κ1) is 17.8. The van der Waals surface area contributed by atoms with E-state index in [0.29, 0.717) is 18.8 Å². The lowest BCUT2D eigenvalue weighted by atomic mass is 10.1. The average Bonchev–Trinajstić information content (AvgIpc) is 3.30. The number of benzene rings is 2. The summed E-state index contributed by atoms with van der Waals surface area (Å²) in [7, 11) is 0. The first-order valence-corrected chi connectivity index (χ1v) is 9.38. The number of aryl methyl sites for hydroxylation is 2. The summed E-state index contributed by atoms with van der Waals surface area (Å²) in [5.41, 5.74) is 2.67. The molecule has 0 radical (unpaired) electrons. The number of hydrogen-bond donors (Lipinski definition) is 1. The van der Waals surface area contributed by atoms with Crippen molar-refractivity contribution in [1.82, 2.24) is 0 Å². The minimum Gasteiger partial charge on any atom is -0.484 e. The molecule has 0 spiro atoms. The molecule has 1 aliphatic carbocycles. The van der Waals surface area contributed by atoms with Crippen LogP contribution in [0, 0.1) is 11.6 Å². The molecule has 4 nitrogen and oxygen atoms in total. The number of nitrogens with one attached hydrogen (secondary N) is 1. The van der Waals surface area contributed by atoms with E-state index in [0.717, 1.165) is 44.2 Å². The fraction of sp³-hybridized carbons (Fsp3) is 0.381. The van der Waals surface area contributed by atoms with Crippen molar-refractivity contribution in [3.63, 3.8) is 0 Å². The first-order chi connectivity index (χ1) is 13.1. The minimum absolute atomic E-state index is 0.0140. The van der Waals surface area contributed by atoms with Crippen molar-refractivity contribution >= 4 is 17.3 Å². The molecule has 4 rings (SSSR count). The summed E-state index contributed by atoms with van der Waals surface area (Å²) in [4.78, 5) is 13.8. The fourth-order valence-corrected chi connectivity index (χ4v) is 3.86. The van der Waals surface area contributed by atoms with E-state index in [-0.39, 0.29) is 18.0 Å². The second-order valence-corrected chi connectivity index (χ2v) is 7.10. The molecule has 1 heterocycles. The molecular formula is C21H22F2N2O2. The standard InChI is InChI=1S/C21H22F2N2O2/c22-18-11-16(12-19(23)21(18)25-8-1-2-9-25)24-20(26)13-27-17-7-6-14-4-3-5-15(14)10-17/h6-7,10-12H,1-5,8-9,13H2,(H,24,26). The van der Waals surface area contributed by atoms with Crippen LogP contribution in [0.25, 0.3) is 0 Å². The number of carbonyl (C=O) groups excluding carboxylic acids is 1. The van der Waals surface area contributed by atoms with Gasteiger partial charge in [-0.25, -0.2) is 8.78 Å². The maximum Gasteiger partial charge on any atom is 0.262 e. The summed E-state index contributed by atoms with van der Waals surface area (Å²) in [6, 6.07) is 8.15. The summed E-state index contributed by atoms with van der Waals surface area (Å²) in [6.07, 6.45) is 5.11. The van der Waals surface area contributed by atoms with Gasteiger partial charge in [0.2, 0.25) is 0 Å². The van der Waals surface area contributed by atoms with E-state index >= 15 is 0 Å². The van der Waals surface area contributed by atoms with Crippen LogP contribution < -0.4 is 15.0 Å². The van der Waals surface area contributed by atoms with Gasteiger partial charge in [-0.15, -0.1) is 0 Å². The Kier molecular flexibility index (Phi) is 4.97. The highest BCUT2D eigenvalue weighted by Crippen LogP contribution is 2.30. The molecule has 1 aliphatic heterocycles. The Bertz CT molecular complexity index is 840. The van der Waals surface area contributed by atoms with Crippen molar-refractivity contribution in [1.29, 1.82) is 0 Å². The molecule has 1 amide bonds. The van der Waals surface area contributed by atoms with Gasteiger partial charge in [-0.1, -0.05) is 6.07 Å². The Balaban J connectivity index is 1.38. The van der Waals surface area contributed by atoms with Crippen LogP contribution in [0.4, 0.5) is 20.2 Å². The zero-order chi connectivity index (χ0) is 18.8. The number of halogens is 2. The molecule has 27 heavy (non-hydrogen) atoms. The quantitative estimate of drug-likeness (QED) is 0.860. The molecule has 0 saturated carbocycles. The van der Waals surface area contributed by atoms with Crippen LogP contribution in [-0.4, -0.2) is 25.6 Å². The highest BCUT2D eigenvalue weighted by Gasteiger charge is 2.21. The number of amides is 1. The lowest BCUT2D eigenvalue weighted by molar-refractivity contribution is -0.118. The van der Waals surface area contributed by atoms with Gasteiger partial charge in [0, 0.05) is 18.8 Å². The number of fused-ring (bicyclic) bond motifs is 1. The summed E-state index contributed by atoms with van der Waals surface area (Å²) in [5, 5.41) is 2.50. The average molecular weight is 372 g/mol. The van der Waals surface area contributed by atoms with E-state index in [1.54, 1.807) is 4.90 Å². The molecule has 6 heteroatoms. The van der Waals surface area contributed by atoms with Gasteiger partial charge in [0.25, 0.3) is 5.91 Å². The predicted molar refractivity (Wildman–Crippen MR) is 100 cm³/mol. The highest BCUT2D eigenvalue weighted by molar-refractivity contribution is 5.92.